The minimum atomic E-state index is -0.783. The molecule has 1 N–H and O–H groups in total. The molecule has 21 heavy (non-hydrogen) atoms. The summed E-state index contributed by atoms with van der Waals surface area (Å²) < 4.78 is 6.87. The molecule has 114 valence electrons. The molecule has 0 aromatic carbocycles. The van der Waals surface area contributed by atoms with Crippen LogP contribution in [0.4, 0.5) is 0 Å². The first-order chi connectivity index (χ1) is 9.93. The van der Waals surface area contributed by atoms with Crippen molar-refractivity contribution in [1.29, 1.82) is 0 Å². The van der Waals surface area contributed by atoms with Gasteiger partial charge in [0.15, 0.2) is 11.4 Å². The van der Waals surface area contributed by atoms with Crippen LogP contribution in [0.5, 0.6) is 5.75 Å². The van der Waals surface area contributed by atoms with Gasteiger partial charge in [0, 0.05) is 12.1 Å². The minimum absolute atomic E-state index is 0.0469. The van der Waals surface area contributed by atoms with E-state index in [0.717, 1.165) is 0 Å². The minimum Gasteiger partial charge on any atom is -0.491 e. The van der Waals surface area contributed by atoms with E-state index in [1.807, 2.05) is 18.9 Å². The zero-order valence-electron chi connectivity index (χ0n) is 12.6. The van der Waals surface area contributed by atoms with E-state index in [0.29, 0.717) is 24.3 Å². The van der Waals surface area contributed by atoms with E-state index in [2.05, 4.69) is 0 Å². The highest BCUT2D eigenvalue weighted by atomic mass is 16.5. The summed E-state index contributed by atoms with van der Waals surface area (Å²) in [6, 6.07) is 0. The van der Waals surface area contributed by atoms with Gasteiger partial charge in [0.05, 0.1) is 19.3 Å². The molecule has 3 rings (SSSR count). The zero-order chi connectivity index (χ0) is 15.5. The highest BCUT2D eigenvalue weighted by Crippen LogP contribution is 2.34. The van der Waals surface area contributed by atoms with Crippen molar-refractivity contribution in [2.75, 3.05) is 25.2 Å². The van der Waals surface area contributed by atoms with Crippen molar-refractivity contribution in [1.82, 2.24) is 9.58 Å². The second-order valence-electron chi connectivity index (χ2n) is 5.39. The fourth-order valence-corrected chi connectivity index (χ4v) is 3.34. The van der Waals surface area contributed by atoms with Crippen LogP contribution in [0, 0.1) is 6.92 Å². The van der Waals surface area contributed by atoms with Crippen LogP contribution in [0.2, 0.25) is 0 Å². The number of ether oxygens (including phenoxy) is 1. The highest BCUT2D eigenvalue weighted by Gasteiger charge is 2.44. The first-order valence-corrected chi connectivity index (χ1v) is 7.03. The molecule has 0 spiro atoms. The van der Waals surface area contributed by atoms with E-state index < -0.39 is 6.10 Å². The molecule has 7 nitrogen and oxygen atoms in total. The quantitative estimate of drug-likeness (QED) is 0.829. The van der Waals surface area contributed by atoms with Crippen LogP contribution in [-0.2, 0) is 0 Å². The molecule has 2 unspecified atom stereocenters. The number of hydrogen-bond donors (Lipinski definition) is 1. The van der Waals surface area contributed by atoms with Crippen molar-refractivity contribution >= 4 is 5.91 Å². The van der Waals surface area contributed by atoms with Crippen LogP contribution in [0.15, 0.2) is 4.79 Å². The van der Waals surface area contributed by atoms with Crippen LogP contribution in [-0.4, -0.2) is 47.0 Å². The number of hydrogen-bond acceptors (Lipinski definition) is 5. The monoisotopic (exact) mass is 293 g/mol. The predicted octanol–water partition coefficient (Wildman–Crippen LogP) is -0.0280. The molecule has 0 aliphatic carbocycles. The standard InChI is InChI=1S/C14H19N3O4/c1-5-15-8(3)16-6-9(18)10-7(2)12(19)13(21-4)11(14(15)20)17(10)16/h8-9,18H,5-6H2,1-4H3. The molecule has 2 aliphatic heterocycles. The van der Waals surface area contributed by atoms with Crippen molar-refractivity contribution in [3.05, 3.63) is 27.2 Å². The Balaban J connectivity index is 2.40. The first kappa shape index (κ1) is 13.9. The van der Waals surface area contributed by atoms with E-state index in [-0.39, 0.29) is 28.9 Å². The largest absolute Gasteiger partial charge is 0.491 e. The Kier molecular flexibility index (Phi) is 2.98. The molecule has 1 amide bonds. The number of methoxy groups -OCH3 is 1. The average Bonchev–Trinajstić information content (AvgIpc) is 2.79. The number of nitrogens with zero attached hydrogens (tertiary/aromatic N) is 3. The lowest BCUT2D eigenvalue weighted by molar-refractivity contribution is 0.0607. The van der Waals surface area contributed by atoms with E-state index in [1.165, 1.54) is 7.11 Å². The molecule has 2 aliphatic rings. The maximum Gasteiger partial charge on any atom is 0.278 e. The Labute approximate surface area is 122 Å². The van der Waals surface area contributed by atoms with Crippen LogP contribution in [0.1, 0.15) is 41.7 Å². The average molecular weight is 293 g/mol. The zero-order valence-corrected chi connectivity index (χ0v) is 12.6. The summed E-state index contributed by atoms with van der Waals surface area (Å²) in [5.74, 6) is -0.198. The number of aliphatic hydroxyl groups is 1. The van der Waals surface area contributed by atoms with Gasteiger partial charge in [-0.3, -0.25) is 14.6 Å². The fourth-order valence-electron chi connectivity index (χ4n) is 3.34. The molecule has 1 aromatic heterocycles. The summed E-state index contributed by atoms with van der Waals surface area (Å²) in [6.07, 6.45) is -0.966. The van der Waals surface area contributed by atoms with Crippen LogP contribution in [0.25, 0.3) is 0 Å². The summed E-state index contributed by atoms with van der Waals surface area (Å²) in [7, 11) is 1.39. The van der Waals surface area contributed by atoms with Crippen molar-refractivity contribution in [3.8, 4) is 5.75 Å². The Morgan fingerprint density at radius 2 is 2.05 bits per heavy atom. The molecule has 0 saturated carbocycles. The maximum atomic E-state index is 12.7. The molecular weight excluding hydrogens is 274 g/mol. The van der Waals surface area contributed by atoms with Crippen molar-refractivity contribution in [2.24, 2.45) is 0 Å². The van der Waals surface area contributed by atoms with Gasteiger partial charge < -0.3 is 14.7 Å². The summed E-state index contributed by atoms with van der Waals surface area (Å²) in [5.41, 5.74) is 0.792. The van der Waals surface area contributed by atoms with Crippen molar-refractivity contribution in [3.63, 3.8) is 0 Å². The second-order valence-corrected chi connectivity index (χ2v) is 5.39. The van der Waals surface area contributed by atoms with Gasteiger partial charge in [-0.25, -0.2) is 4.68 Å². The third kappa shape index (κ3) is 1.58. The Morgan fingerprint density at radius 3 is 2.62 bits per heavy atom. The number of aliphatic hydroxyl groups excluding tert-OH is 1. The molecule has 0 fully saturated rings. The van der Waals surface area contributed by atoms with Crippen LogP contribution >= 0.6 is 0 Å². The van der Waals surface area contributed by atoms with Gasteiger partial charge in [0.1, 0.15) is 12.3 Å². The van der Waals surface area contributed by atoms with Gasteiger partial charge in [-0.1, -0.05) is 0 Å². The van der Waals surface area contributed by atoms with Gasteiger partial charge in [-0.15, -0.1) is 0 Å². The van der Waals surface area contributed by atoms with Gasteiger partial charge in [0.2, 0.25) is 5.43 Å². The molecule has 3 heterocycles. The maximum absolute atomic E-state index is 12.7. The third-order valence-electron chi connectivity index (χ3n) is 4.41. The summed E-state index contributed by atoms with van der Waals surface area (Å²) in [5, 5.41) is 12.2. The lowest BCUT2D eigenvalue weighted by atomic mass is 10.1. The Hall–Kier alpha value is -2.02. The number of carbonyl (C=O) groups excluding carboxylic acids is 1. The molecule has 0 bridgehead atoms. The van der Waals surface area contributed by atoms with E-state index in [9.17, 15) is 14.7 Å². The molecule has 2 atom stereocenters. The SMILES string of the molecule is CCN1C(=O)c2c(OC)c(=O)c(C)c3n2N(CC3O)C1C. The van der Waals surface area contributed by atoms with Gasteiger partial charge >= 0.3 is 0 Å². The summed E-state index contributed by atoms with van der Waals surface area (Å²) >= 11 is 0. The Morgan fingerprint density at radius 1 is 1.38 bits per heavy atom. The first-order valence-electron chi connectivity index (χ1n) is 7.03. The second kappa shape index (κ2) is 4.49. The molecule has 1 aromatic rings. The fraction of sp³-hybridized carbons (Fsp3) is 0.571. The number of amides is 1. The topological polar surface area (TPSA) is 75.0 Å². The summed E-state index contributed by atoms with van der Waals surface area (Å²) in [6.45, 7) is 6.32. The van der Waals surface area contributed by atoms with Gasteiger partial charge in [-0.05, 0) is 20.8 Å². The van der Waals surface area contributed by atoms with E-state index >= 15 is 0 Å². The summed E-state index contributed by atoms with van der Waals surface area (Å²) in [4.78, 5) is 26.8. The van der Waals surface area contributed by atoms with Gasteiger partial charge in [0.25, 0.3) is 5.91 Å². The van der Waals surface area contributed by atoms with Gasteiger partial charge in [-0.2, -0.15) is 0 Å². The number of aromatic nitrogens is 1. The smallest absolute Gasteiger partial charge is 0.278 e. The third-order valence-corrected chi connectivity index (χ3v) is 4.41. The molecule has 0 radical (unpaired) electrons. The number of carbonyl (C=O) groups is 1. The number of rotatable bonds is 2. The number of pyridine rings is 1. The van der Waals surface area contributed by atoms with Crippen LogP contribution < -0.4 is 15.2 Å². The van der Waals surface area contributed by atoms with Crippen molar-refractivity contribution in [2.45, 2.75) is 33.0 Å². The lowest BCUT2D eigenvalue weighted by Crippen LogP contribution is -2.58. The van der Waals surface area contributed by atoms with E-state index in [4.69, 9.17) is 4.74 Å². The molecular formula is C14H19N3O4. The predicted molar refractivity (Wildman–Crippen MR) is 76.2 cm³/mol. The molecule has 7 heteroatoms. The highest BCUT2D eigenvalue weighted by molar-refractivity contribution is 5.97. The van der Waals surface area contributed by atoms with E-state index in [1.54, 1.807) is 16.5 Å². The van der Waals surface area contributed by atoms with Crippen LogP contribution in [0.3, 0.4) is 0 Å². The lowest BCUT2D eigenvalue weighted by Gasteiger charge is -2.42. The normalized spacial score (nSPS) is 23.6. The molecule has 0 saturated heterocycles. The van der Waals surface area contributed by atoms with Crippen molar-refractivity contribution < 1.29 is 14.6 Å². The Bertz CT molecular complexity index is 682.